The van der Waals surface area contributed by atoms with Gasteiger partial charge in [-0.25, -0.2) is 9.97 Å². The quantitative estimate of drug-likeness (QED) is 0.424. The zero-order chi connectivity index (χ0) is 17.1. The summed E-state index contributed by atoms with van der Waals surface area (Å²) in [6, 6.07) is 0. The number of ether oxygens (including phenoxy) is 1. The predicted molar refractivity (Wildman–Crippen MR) is 100 cm³/mol. The van der Waals surface area contributed by atoms with Gasteiger partial charge >= 0.3 is 5.97 Å². The summed E-state index contributed by atoms with van der Waals surface area (Å²) in [6.45, 7) is 6.50. The van der Waals surface area contributed by atoms with Gasteiger partial charge in [-0.15, -0.1) is 11.3 Å². The van der Waals surface area contributed by atoms with E-state index in [4.69, 9.17) is 14.7 Å². The summed E-state index contributed by atoms with van der Waals surface area (Å²) in [5.41, 5.74) is 1.23. The number of carbonyl (C=O) groups excluding carboxylic acids is 1. The van der Waals surface area contributed by atoms with E-state index in [1.54, 1.807) is 11.3 Å². The Bertz CT molecular complexity index is 736. The number of fused-ring (bicyclic) bond motifs is 1. The molecule has 0 atom stereocenters. The maximum absolute atomic E-state index is 11.7. The third-order valence-electron chi connectivity index (χ3n) is 4.62. The molecule has 1 aliphatic carbocycles. The van der Waals surface area contributed by atoms with Crippen molar-refractivity contribution in [3.05, 3.63) is 16.3 Å². The lowest BCUT2D eigenvalue weighted by atomic mass is 9.89. The van der Waals surface area contributed by atoms with Crippen molar-refractivity contribution >= 4 is 39.3 Å². The molecule has 0 radical (unpaired) electrons. The van der Waals surface area contributed by atoms with E-state index in [1.165, 1.54) is 54.3 Å². The van der Waals surface area contributed by atoms with Crippen LogP contribution in [0.2, 0.25) is 0 Å². The highest BCUT2D eigenvalue weighted by Gasteiger charge is 2.22. The first-order valence-electron chi connectivity index (χ1n) is 8.66. The molecule has 2 heterocycles. The summed E-state index contributed by atoms with van der Waals surface area (Å²) >= 11 is 3.22. The average Bonchev–Trinajstić information content (AvgIpc) is 2.88. The van der Waals surface area contributed by atoms with E-state index >= 15 is 0 Å². The molecule has 2 aromatic heterocycles. The molecule has 6 heteroatoms. The molecule has 1 saturated carbocycles. The molecule has 1 aliphatic rings. The lowest BCUT2D eigenvalue weighted by Crippen LogP contribution is -2.10. The van der Waals surface area contributed by atoms with E-state index in [0.717, 1.165) is 21.1 Å². The van der Waals surface area contributed by atoms with Gasteiger partial charge in [0.25, 0.3) is 0 Å². The number of rotatable bonds is 5. The number of hydrogen-bond acceptors (Lipinski definition) is 6. The Kier molecular flexibility index (Phi) is 5.76. The predicted octanol–water partition coefficient (Wildman–Crippen LogP) is 5.01. The number of esters is 1. The van der Waals surface area contributed by atoms with Crippen LogP contribution < -0.4 is 0 Å². The van der Waals surface area contributed by atoms with E-state index in [0.29, 0.717) is 18.3 Å². The monoisotopic (exact) mass is 364 g/mol. The van der Waals surface area contributed by atoms with Gasteiger partial charge in [-0.3, -0.25) is 4.79 Å². The Morgan fingerprint density at radius 2 is 2.00 bits per heavy atom. The Hall–Kier alpha value is -1.14. The van der Waals surface area contributed by atoms with E-state index in [-0.39, 0.29) is 5.97 Å². The van der Waals surface area contributed by atoms with Gasteiger partial charge in [-0.1, -0.05) is 31.0 Å². The number of nitrogens with zero attached hydrogens (tertiary/aromatic N) is 2. The molecule has 2 aromatic rings. The third-order valence-corrected chi connectivity index (χ3v) is 6.67. The second kappa shape index (κ2) is 7.83. The Labute approximate surface area is 151 Å². The molecule has 0 aliphatic heterocycles. The van der Waals surface area contributed by atoms with Crippen LogP contribution in [-0.2, 0) is 9.53 Å². The molecule has 24 heavy (non-hydrogen) atoms. The van der Waals surface area contributed by atoms with Gasteiger partial charge in [-0.05, 0) is 39.2 Å². The maximum atomic E-state index is 11.7. The van der Waals surface area contributed by atoms with Gasteiger partial charge in [-0.2, -0.15) is 0 Å². The highest BCUT2D eigenvalue weighted by molar-refractivity contribution is 8.00. The molecule has 0 spiro atoms. The lowest BCUT2D eigenvalue weighted by Gasteiger charge is -2.20. The molecule has 4 nitrogen and oxygen atoms in total. The third kappa shape index (κ3) is 3.75. The van der Waals surface area contributed by atoms with Gasteiger partial charge < -0.3 is 4.74 Å². The largest absolute Gasteiger partial charge is 0.465 e. The van der Waals surface area contributed by atoms with Crippen LogP contribution in [0.3, 0.4) is 0 Å². The molecule has 1 fully saturated rings. The Balaban J connectivity index is 1.95. The zero-order valence-corrected chi connectivity index (χ0v) is 16.2. The molecule has 0 N–H and O–H groups in total. The van der Waals surface area contributed by atoms with Crippen molar-refractivity contribution in [2.75, 3.05) is 12.4 Å². The fraction of sp³-hybridized carbons (Fsp3) is 0.611. The SMILES string of the molecule is CCOC(=O)CSc1nc(C2CCCCC2)nc2sc(C)c(C)c12. The van der Waals surface area contributed by atoms with Crippen molar-refractivity contribution in [3.63, 3.8) is 0 Å². The van der Waals surface area contributed by atoms with Crippen LogP contribution in [0.4, 0.5) is 0 Å². The minimum absolute atomic E-state index is 0.182. The van der Waals surface area contributed by atoms with E-state index < -0.39 is 0 Å². The highest BCUT2D eigenvalue weighted by atomic mass is 32.2. The number of aromatic nitrogens is 2. The van der Waals surface area contributed by atoms with Crippen LogP contribution in [0.15, 0.2) is 5.03 Å². The van der Waals surface area contributed by atoms with Crippen LogP contribution >= 0.6 is 23.1 Å². The summed E-state index contributed by atoms with van der Waals surface area (Å²) in [7, 11) is 0. The summed E-state index contributed by atoms with van der Waals surface area (Å²) in [5.74, 6) is 1.55. The first-order chi connectivity index (χ1) is 11.6. The first-order valence-corrected chi connectivity index (χ1v) is 10.5. The number of thioether (sulfide) groups is 1. The van der Waals surface area contributed by atoms with Crippen LogP contribution in [0.5, 0.6) is 0 Å². The smallest absolute Gasteiger partial charge is 0.316 e. The molecule has 0 aromatic carbocycles. The Morgan fingerprint density at radius 3 is 2.71 bits per heavy atom. The molecule has 130 valence electrons. The minimum Gasteiger partial charge on any atom is -0.465 e. The van der Waals surface area contributed by atoms with Crippen molar-refractivity contribution in [3.8, 4) is 0 Å². The van der Waals surface area contributed by atoms with E-state index in [2.05, 4.69) is 13.8 Å². The van der Waals surface area contributed by atoms with Crippen molar-refractivity contribution in [1.82, 2.24) is 9.97 Å². The van der Waals surface area contributed by atoms with Crippen LogP contribution in [0.25, 0.3) is 10.2 Å². The second-order valence-corrected chi connectivity index (χ2v) is 8.45. The topological polar surface area (TPSA) is 52.1 Å². The standard InChI is InChI=1S/C18H24N2O2S2/c1-4-22-14(21)10-23-17-15-11(2)12(3)24-18(15)20-16(19-17)13-8-6-5-7-9-13/h13H,4-10H2,1-3H3. The second-order valence-electron chi connectivity index (χ2n) is 6.28. The fourth-order valence-electron chi connectivity index (χ4n) is 3.21. The van der Waals surface area contributed by atoms with Gasteiger partial charge in [0, 0.05) is 16.2 Å². The van der Waals surface area contributed by atoms with Crippen molar-refractivity contribution in [2.45, 2.75) is 63.8 Å². The normalized spacial score (nSPS) is 15.8. The van der Waals surface area contributed by atoms with E-state index in [1.807, 2.05) is 6.92 Å². The van der Waals surface area contributed by atoms with Crippen LogP contribution in [0, 0.1) is 13.8 Å². The maximum Gasteiger partial charge on any atom is 0.316 e. The minimum atomic E-state index is -0.182. The van der Waals surface area contributed by atoms with Crippen LogP contribution in [0.1, 0.15) is 61.2 Å². The number of aryl methyl sites for hydroxylation is 2. The molecule has 0 unspecified atom stereocenters. The van der Waals surface area contributed by atoms with Crippen molar-refractivity contribution in [1.29, 1.82) is 0 Å². The highest BCUT2D eigenvalue weighted by Crippen LogP contribution is 2.38. The molecule has 0 saturated heterocycles. The number of carbonyl (C=O) groups is 1. The van der Waals surface area contributed by atoms with Gasteiger partial charge in [0.2, 0.25) is 0 Å². The van der Waals surface area contributed by atoms with Gasteiger partial charge in [0.1, 0.15) is 15.7 Å². The lowest BCUT2D eigenvalue weighted by molar-refractivity contribution is -0.139. The molecule has 0 amide bonds. The summed E-state index contributed by atoms with van der Waals surface area (Å²) in [5, 5.41) is 2.06. The van der Waals surface area contributed by atoms with Crippen LogP contribution in [-0.4, -0.2) is 28.3 Å². The zero-order valence-electron chi connectivity index (χ0n) is 14.6. The van der Waals surface area contributed by atoms with Crippen molar-refractivity contribution in [2.24, 2.45) is 0 Å². The molecule has 3 rings (SSSR count). The van der Waals surface area contributed by atoms with Gasteiger partial charge in [0.05, 0.1) is 12.4 Å². The fourth-order valence-corrected chi connectivity index (χ4v) is 5.20. The summed E-state index contributed by atoms with van der Waals surface area (Å²) < 4.78 is 5.06. The van der Waals surface area contributed by atoms with Crippen molar-refractivity contribution < 1.29 is 9.53 Å². The molecule has 0 bridgehead atoms. The van der Waals surface area contributed by atoms with Gasteiger partial charge in [0.15, 0.2) is 0 Å². The Morgan fingerprint density at radius 1 is 1.25 bits per heavy atom. The average molecular weight is 365 g/mol. The summed E-state index contributed by atoms with van der Waals surface area (Å²) in [4.78, 5) is 23.8. The first kappa shape index (κ1) is 17.7. The summed E-state index contributed by atoms with van der Waals surface area (Å²) in [6.07, 6.45) is 6.20. The number of hydrogen-bond donors (Lipinski definition) is 0. The number of thiophene rings is 1. The molecular formula is C18H24N2O2S2. The van der Waals surface area contributed by atoms with E-state index in [9.17, 15) is 4.79 Å². The molecular weight excluding hydrogens is 340 g/mol.